The second-order valence-corrected chi connectivity index (χ2v) is 2.04. The molecule has 0 atom stereocenters. The molecule has 6 heteroatoms. The van der Waals surface area contributed by atoms with Gasteiger partial charge in [0.2, 0.25) is 0 Å². The lowest BCUT2D eigenvalue weighted by molar-refractivity contribution is 0.209. The van der Waals surface area contributed by atoms with Gasteiger partial charge in [-0.2, -0.15) is 0 Å². The van der Waals surface area contributed by atoms with Gasteiger partial charge in [0.05, 0.1) is 12.4 Å². The van der Waals surface area contributed by atoms with Crippen LogP contribution in [-0.2, 0) is 0 Å². The van der Waals surface area contributed by atoms with Gasteiger partial charge in [0, 0.05) is 0 Å². The van der Waals surface area contributed by atoms with Gasteiger partial charge in [0.25, 0.3) is 0 Å². The fourth-order valence-corrected chi connectivity index (χ4v) is 0.584. The maximum Gasteiger partial charge on any atom is 0.410 e. The van der Waals surface area contributed by atoms with Gasteiger partial charge in [-0.05, 0) is 0 Å². The normalized spacial score (nSPS) is 9.18. The third kappa shape index (κ3) is 2.38. The van der Waals surface area contributed by atoms with Gasteiger partial charge in [0.15, 0.2) is 5.82 Å². The summed E-state index contributed by atoms with van der Waals surface area (Å²) in [4.78, 5) is 17.3. The van der Waals surface area contributed by atoms with Crippen LogP contribution in [0.1, 0.15) is 0 Å². The van der Waals surface area contributed by atoms with Gasteiger partial charge in [-0.25, -0.2) is 14.8 Å². The minimum absolute atomic E-state index is 0.155. The van der Waals surface area contributed by atoms with Crippen LogP contribution >= 0.6 is 11.6 Å². The van der Waals surface area contributed by atoms with Crippen molar-refractivity contribution in [2.24, 2.45) is 0 Å². The number of amides is 1. The molecule has 0 aliphatic heterocycles. The first-order valence-corrected chi connectivity index (χ1v) is 3.04. The van der Waals surface area contributed by atoms with E-state index < -0.39 is 6.09 Å². The molecule has 0 aliphatic carbocycles. The number of carbonyl (C=O) groups is 1. The van der Waals surface area contributed by atoms with Crippen molar-refractivity contribution in [2.45, 2.75) is 0 Å². The second-order valence-electron chi connectivity index (χ2n) is 1.65. The van der Waals surface area contributed by atoms with Crippen LogP contribution in [0.3, 0.4) is 0 Å². The zero-order valence-electron chi connectivity index (χ0n) is 5.28. The lowest BCUT2D eigenvalue weighted by atomic mass is 10.6. The SMILES string of the molecule is O=C(O)Nc1cnc(Cl)cn1. The van der Waals surface area contributed by atoms with Crippen LogP contribution in [-0.4, -0.2) is 21.2 Å². The van der Waals surface area contributed by atoms with Crippen molar-refractivity contribution in [1.29, 1.82) is 0 Å². The van der Waals surface area contributed by atoms with E-state index in [-0.39, 0.29) is 11.0 Å². The Hall–Kier alpha value is -1.36. The average molecular weight is 174 g/mol. The van der Waals surface area contributed by atoms with Crippen molar-refractivity contribution in [1.82, 2.24) is 9.97 Å². The maximum absolute atomic E-state index is 10.0. The number of hydrogen-bond donors (Lipinski definition) is 2. The molecule has 1 heterocycles. The summed E-state index contributed by atoms with van der Waals surface area (Å²) in [7, 11) is 0. The summed E-state index contributed by atoms with van der Waals surface area (Å²) in [5, 5.41) is 10.5. The van der Waals surface area contributed by atoms with Crippen LogP contribution in [0.25, 0.3) is 0 Å². The van der Waals surface area contributed by atoms with Gasteiger partial charge in [0.1, 0.15) is 5.15 Å². The predicted octanol–water partition coefficient (Wildman–Crippen LogP) is 1.22. The average Bonchev–Trinajstić information content (AvgIpc) is 1.93. The number of hydrogen-bond acceptors (Lipinski definition) is 3. The van der Waals surface area contributed by atoms with Crippen molar-refractivity contribution >= 4 is 23.5 Å². The molecule has 0 aliphatic rings. The summed E-state index contributed by atoms with van der Waals surface area (Å²) in [5.41, 5.74) is 0. The van der Waals surface area contributed by atoms with Crippen LogP contribution in [0, 0.1) is 0 Å². The van der Waals surface area contributed by atoms with Crippen molar-refractivity contribution in [2.75, 3.05) is 5.32 Å². The largest absolute Gasteiger partial charge is 0.465 e. The van der Waals surface area contributed by atoms with Crippen molar-refractivity contribution < 1.29 is 9.90 Å². The zero-order chi connectivity index (χ0) is 8.27. The molecule has 5 nitrogen and oxygen atoms in total. The molecule has 11 heavy (non-hydrogen) atoms. The molecule has 2 N–H and O–H groups in total. The minimum Gasteiger partial charge on any atom is -0.465 e. The highest BCUT2D eigenvalue weighted by atomic mass is 35.5. The first kappa shape index (κ1) is 7.74. The van der Waals surface area contributed by atoms with E-state index >= 15 is 0 Å². The predicted molar refractivity (Wildman–Crippen MR) is 38.7 cm³/mol. The Kier molecular flexibility index (Phi) is 2.22. The van der Waals surface area contributed by atoms with E-state index in [1.54, 1.807) is 0 Å². The number of rotatable bonds is 1. The van der Waals surface area contributed by atoms with Gasteiger partial charge in [-0.15, -0.1) is 0 Å². The first-order valence-electron chi connectivity index (χ1n) is 2.66. The third-order valence-electron chi connectivity index (χ3n) is 0.855. The van der Waals surface area contributed by atoms with E-state index in [1.807, 2.05) is 5.32 Å². The number of aromatic nitrogens is 2. The summed E-state index contributed by atoms with van der Waals surface area (Å²) < 4.78 is 0. The Morgan fingerprint density at radius 1 is 1.55 bits per heavy atom. The van der Waals surface area contributed by atoms with E-state index in [1.165, 1.54) is 12.4 Å². The molecule has 0 radical (unpaired) electrons. The highest BCUT2D eigenvalue weighted by Gasteiger charge is 1.98. The molecular weight excluding hydrogens is 170 g/mol. The molecule has 0 saturated carbocycles. The molecule has 1 rings (SSSR count). The molecule has 0 unspecified atom stereocenters. The molecule has 1 aromatic heterocycles. The summed E-state index contributed by atoms with van der Waals surface area (Å²) in [5.74, 6) is 0.155. The standard InChI is InChI=1S/C5H4ClN3O2/c6-3-1-8-4(2-7-3)9-5(10)11/h1-2H,(H,8,9)(H,10,11). The lowest BCUT2D eigenvalue weighted by Gasteiger charge is -1.96. The number of carboxylic acid groups (broad SMARTS) is 1. The van der Waals surface area contributed by atoms with Crippen LogP contribution in [0.15, 0.2) is 12.4 Å². The minimum atomic E-state index is -1.18. The van der Waals surface area contributed by atoms with Crippen LogP contribution < -0.4 is 5.32 Å². The van der Waals surface area contributed by atoms with Gasteiger partial charge in [-0.1, -0.05) is 11.6 Å². The number of nitrogens with zero attached hydrogens (tertiary/aromatic N) is 2. The molecule has 0 spiro atoms. The number of nitrogens with one attached hydrogen (secondary N) is 1. The quantitative estimate of drug-likeness (QED) is 0.670. The highest BCUT2D eigenvalue weighted by Crippen LogP contribution is 2.04. The monoisotopic (exact) mass is 173 g/mol. The van der Waals surface area contributed by atoms with Gasteiger partial charge < -0.3 is 5.11 Å². The lowest BCUT2D eigenvalue weighted by Crippen LogP contribution is -2.08. The molecule has 1 amide bonds. The summed E-state index contributed by atoms with van der Waals surface area (Å²) in [6, 6.07) is 0. The van der Waals surface area contributed by atoms with E-state index in [2.05, 4.69) is 9.97 Å². The smallest absolute Gasteiger partial charge is 0.410 e. The zero-order valence-corrected chi connectivity index (χ0v) is 6.04. The number of halogens is 1. The van der Waals surface area contributed by atoms with E-state index in [0.29, 0.717) is 0 Å². The molecule has 0 aromatic carbocycles. The topological polar surface area (TPSA) is 75.1 Å². The summed E-state index contributed by atoms with van der Waals surface area (Å²) in [6.07, 6.45) is 1.31. The Balaban J connectivity index is 2.74. The molecular formula is C5H4ClN3O2. The van der Waals surface area contributed by atoms with Gasteiger partial charge in [-0.3, -0.25) is 5.32 Å². The Morgan fingerprint density at radius 2 is 2.27 bits per heavy atom. The fraction of sp³-hybridized carbons (Fsp3) is 0. The molecule has 0 fully saturated rings. The van der Waals surface area contributed by atoms with Crippen LogP contribution in [0.2, 0.25) is 5.15 Å². The van der Waals surface area contributed by atoms with Gasteiger partial charge >= 0.3 is 6.09 Å². The highest BCUT2D eigenvalue weighted by molar-refractivity contribution is 6.29. The summed E-state index contributed by atoms with van der Waals surface area (Å²) >= 11 is 5.40. The van der Waals surface area contributed by atoms with Crippen molar-refractivity contribution in [3.8, 4) is 0 Å². The van der Waals surface area contributed by atoms with E-state index in [0.717, 1.165) is 0 Å². The molecule has 0 saturated heterocycles. The Morgan fingerprint density at radius 3 is 2.73 bits per heavy atom. The first-order chi connectivity index (χ1) is 5.18. The summed E-state index contributed by atoms with van der Waals surface area (Å²) in [6.45, 7) is 0. The number of anilines is 1. The molecule has 58 valence electrons. The van der Waals surface area contributed by atoms with E-state index in [4.69, 9.17) is 16.7 Å². The second kappa shape index (κ2) is 3.16. The molecule has 1 aromatic rings. The van der Waals surface area contributed by atoms with Crippen LogP contribution in [0.5, 0.6) is 0 Å². The van der Waals surface area contributed by atoms with Crippen molar-refractivity contribution in [3.05, 3.63) is 17.5 Å². The Bertz CT molecular complexity index is 261. The fourth-order valence-electron chi connectivity index (χ4n) is 0.486. The van der Waals surface area contributed by atoms with Crippen LogP contribution in [0.4, 0.5) is 10.6 Å². The maximum atomic E-state index is 10.0. The Labute approximate surface area is 67.0 Å². The third-order valence-corrected chi connectivity index (χ3v) is 1.05. The van der Waals surface area contributed by atoms with E-state index in [9.17, 15) is 4.79 Å². The van der Waals surface area contributed by atoms with Crippen molar-refractivity contribution in [3.63, 3.8) is 0 Å². The molecule has 0 bridgehead atoms.